The first-order chi connectivity index (χ1) is 15.0. The molecule has 0 spiro atoms. The number of aromatic nitrogens is 4. The summed E-state index contributed by atoms with van der Waals surface area (Å²) in [6, 6.07) is 4.70. The molecule has 0 bridgehead atoms. The number of benzene rings is 1. The minimum atomic E-state index is -0.262. The third-order valence-electron chi connectivity index (χ3n) is 3.93. The van der Waals surface area contributed by atoms with E-state index in [9.17, 15) is 9.59 Å². The lowest BCUT2D eigenvalue weighted by molar-refractivity contribution is -0.113. The molecule has 162 valence electrons. The van der Waals surface area contributed by atoms with Crippen LogP contribution in [0, 0.1) is 0 Å². The highest BCUT2D eigenvalue weighted by Gasteiger charge is 2.15. The van der Waals surface area contributed by atoms with Gasteiger partial charge in [0.2, 0.25) is 5.91 Å². The Morgan fingerprint density at radius 2 is 2.10 bits per heavy atom. The molecule has 0 saturated heterocycles. The Labute approximate surface area is 197 Å². The summed E-state index contributed by atoms with van der Waals surface area (Å²) in [5, 5.41) is 17.6. The third kappa shape index (κ3) is 6.54. The predicted molar refractivity (Wildman–Crippen MR) is 124 cm³/mol. The van der Waals surface area contributed by atoms with Gasteiger partial charge < -0.3 is 15.2 Å². The van der Waals surface area contributed by atoms with E-state index >= 15 is 0 Å². The van der Waals surface area contributed by atoms with Crippen LogP contribution in [0.3, 0.4) is 0 Å². The third-order valence-corrected chi connectivity index (χ3v) is 6.33. The van der Waals surface area contributed by atoms with Gasteiger partial charge in [-0.05, 0) is 18.2 Å². The second-order valence-corrected chi connectivity index (χ2v) is 8.76. The lowest BCUT2D eigenvalue weighted by Gasteiger charge is -2.09. The van der Waals surface area contributed by atoms with Gasteiger partial charge in [-0.15, -0.1) is 28.1 Å². The van der Waals surface area contributed by atoms with E-state index in [0.717, 1.165) is 0 Å². The van der Waals surface area contributed by atoms with Gasteiger partial charge in [0.05, 0.1) is 15.8 Å². The Kier molecular flexibility index (Phi) is 8.47. The van der Waals surface area contributed by atoms with Gasteiger partial charge in [0, 0.05) is 36.7 Å². The summed E-state index contributed by atoms with van der Waals surface area (Å²) >= 11 is 14.5. The lowest BCUT2D eigenvalue weighted by atomic mass is 10.2. The smallest absolute Gasteiger partial charge is 0.251 e. The van der Waals surface area contributed by atoms with Crippen molar-refractivity contribution in [2.45, 2.75) is 18.1 Å². The maximum absolute atomic E-state index is 12.3. The Hall–Kier alpha value is -2.40. The lowest BCUT2D eigenvalue weighted by Crippen LogP contribution is -2.26. The standard InChI is InChI=1S/C19H18Cl2N6O2S2/c1-2-8-27-15(5-6-22-17(29)12-3-4-13(20)14(21)10-12)25-26-19(27)31-11-16(28)24-18-23-7-9-30-18/h2-4,7,9-10H,1,5-6,8,11H2,(H,22,29)(H,23,24,28). The van der Waals surface area contributed by atoms with Crippen molar-refractivity contribution >= 4 is 63.2 Å². The normalized spacial score (nSPS) is 10.6. The van der Waals surface area contributed by atoms with Gasteiger partial charge in [-0.2, -0.15) is 0 Å². The number of carbonyl (C=O) groups excluding carboxylic acids is 2. The first kappa shape index (κ1) is 23.3. The number of nitrogens with zero attached hydrogens (tertiary/aromatic N) is 4. The Morgan fingerprint density at radius 3 is 2.81 bits per heavy atom. The molecule has 3 aromatic rings. The summed E-state index contributed by atoms with van der Waals surface area (Å²) in [6.45, 7) is 4.60. The van der Waals surface area contributed by atoms with E-state index in [1.54, 1.807) is 29.8 Å². The fourth-order valence-electron chi connectivity index (χ4n) is 2.52. The van der Waals surface area contributed by atoms with Gasteiger partial charge >= 0.3 is 0 Å². The minimum Gasteiger partial charge on any atom is -0.352 e. The average molecular weight is 497 g/mol. The van der Waals surface area contributed by atoms with Crippen LogP contribution in [-0.4, -0.2) is 43.9 Å². The van der Waals surface area contributed by atoms with Gasteiger partial charge in [0.1, 0.15) is 5.82 Å². The van der Waals surface area contributed by atoms with Gasteiger partial charge in [0.15, 0.2) is 10.3 Å². The maximum Gasteiger partial charge on any atom is 0.251 e. The Morgan fingerprint density at radius 1 is 1.26 bits per heavy atom. The highest BCUT2D eigenvalue weighted by Crippen LogP contribution is 2.22. The zero-order valence-electron chi connectivity index (χ0n) is 16.2. The molecular formula is C19H18Cl2N6O2S2. The summed E-state index contributed by atoms with van der Waals surface area (Å²) in [4.78, 5) is 28.4. The van der Waals surface area contributed by atoms with Crippen molar-refractivity contribution in [1.82, 2.24) is 25.1 Å². The molecule has 2 aromatic heterocycles. The van der Waals surface area contributed by atoms with Crippen LogP contribution in [0.4, 0.5) is 5.13 Å². The van der Waals surface area contributed by atoms with Crippen LogP contribution in [0.2, 0.25) is 10.0 Å². The molecule has 2 amide bonds. The number of hydrogen-bond acceptors (Lipinski definition) is 7. The van der Waals surface area contributed by atoms with Gasteiger partial charge in [0.25, 0.3) is 5.91 Å². The van der Waals surface area contributed by atoms with E-state index in [4.69, 9.17) is 23.2 Å². The molecule has 31 heavy (non-hydrogen) atoms. The molecule has 0 fully saturated rings. The van der Waals surface area contributed by atoms with Gasteiger partial charge in [-0.25, -0.2) is 4.98 Å². The van der Waals surface area contributed by atoms with Crippen molar-refractivity contribution < 1.29 is 9.59 Å². The number of carbonyl (C=O) groups is 2. The largest absolute Gasteiger partial charge is 0.352 e. The summed E-state index contributed by atoms with van der Waals surface area (Å²) in [5.74, 6) is 0.408. The molecule has 1 aromatic carbocycles. The fourth-order valence-corrected chi connectivity index (χ4v) is 4.13. The molecule has 0 saturated carbocycles. The number of nitrogens with one attached hydrogen (secondary N) is 2. The number of thioether (sulfide) groups is 1. The molecule has 2 heterocycles. The zero-order chi connectivity index (χ0) is 22.2. The van der Waals surface area contributed by atoms with Crippen molar-refractivity contribution in [1.29, 1.82) is 0 Å². The van der Waals surface area contributed by atoms with Gasteiger partial charge in [-0.1, -0.05) is 41.0 Å². The zero-order valence-corrected chi connectivity index (χ0v) is 19.3. The summed E-state index contributed by atoms with van der Waals surface area (Å²) in [7, 11) is 0. The van der Waals surface area contributed by atoms with Crippen molar-refractivity contribution in [2.75, 3.05) is 17.6 Å². The fraction of sp³-hybridized carbons (Fsp3) is 0.211. The van der Waals surface area contributed by atoms with Crippen LogP contribution in [0.15, 0.2) is 47.6 Å². The molecule has 0 radical (unpaired) electrons. The summed E-state index contributed by atoms with van der Waals surface area (Å²) in [5.41, 5.74) is 0.421. The Balaban J connectivity index is 1.55. The first-order valence-corrected chi connectivity index (χ1v) is 11.7. The molecule has 0 aliphatic heterocycles. The van der Waals surface area contributed by atoms with Gasteiger partial charge in [-0.3, -0.25) is 9.59 Å². The van der Waals surface area contributed by atoms with Crippen LogP contribution in [-0.2, 0) is 17.8 Å². The van der Waals surface area contributed by atoms with E-state index in [1.807, 2.05) is 4.57 Å². The predicted octanol–water partition coefficient (Wildman–Crippen LogP) is 3.93. The molecule has 0 unspecified atom stereocenters. The molecule has 8 nitrogen and oxygen atoms in total. The monoisotopic (exact) mass is 496 g/mol. The SMILES string of the molecule is C=CCn1c(CCNC(=O)c2ccc(Cl)c(Cl)c2)nnc1SCC(=O)Nc1nccs1. The summed E-state index contributed by atoms with van der Waals surface area (Å²) < 4.78 is 1.86. The highest BCUT2D eigenvalue weighted by atomic mass is 35.5. The molecule has 12 heteroatoms. The number of thiazole rings is 1. The van der Waals surface area contributed by atoms with Crippen molar-refractivity contribution in [2.24, 2.45) is 0 Å². The van der Waals surface area contributed by atoms with Crippen LogP contribution >= 0.6 is 46.3 Å². The average Bonchev–Trinajstić information content (AvgIpc) is 3.39. The maximum atomic E-state index is 12.3. The van der Waals surface area contributed by atoms with Crippen LogP contribution in [0.1, 0.15) is 16.2 Å². The number of halogens is 2. The molecule has 3 rings (SSSR count). The number of rotatable bonds is 10. The van der Waals surface area contributed by atoms with E-state index in [0.29, 0.717) is 51.2 Å². The van der Waals surface area contributed by atoms with Crippen molar-refractivity contribution in [3.8, 4) is 0 Å². The van der Waals surface area contributed by atoms with Crippen molar-refractivity contribution in [3.63, 3.8) is 0 Å². The highest BCUT2D eigenvalue weighted by molar-refractivity contribution is 7.99. The number of anilines is 1. The van der Waals surface area contributed by atoms with E-state index in [-0.39, 0.29) is 17.6 Å². The van der Waals surface area contributed by atoms with Crippen LogP contribution in [0.25, 0.3) is 0 Å². The Bertz CT molecular complexity index is 1070. The topological polar surface area (TPSA) is 102 Å². The molecule has 0 aliphatic rings. The number of allylic oxidation sites excluding steroid dienone is 1. The van der Waals surface area contributed by atoms with E-state index in [2.05, 4.69) is 32.4 Å². The van der Waals surface area contributed by atoms with E-state index in [1.165, 1.54) is 29.2 Å². The number of hydrogen-bond donors (Lipinski definition) is 2. The van der Waals surface area contributed by atoms with Crippen molar-refractivity contribution in [3.05, 3.63) is 63.9 Å². The van der Waals surface area contributed by atoms with Crippen LogP contribution in [0.5, 0.6) is 0 Å². The molecule has 0 atom stereocenters. The first-order valence-electron chi connectivity index (χ1n) is 9.06. The molecule has 0 aliphatic carbocycles. The van der Waals surface area contributed by atoms with Crippen LogP contribution < -0.4 is 10.6 Å². The second kappa shape index (κ2) is 11.3. The molecular weight excluding hydrogens is 479 g/mol. The van der Waals surface area contributed by atoms with E-state index < -0.39 is 0 Å². The number of amides is 2. The quantitative estimate of drug-likeness (QED) is 0.325. The molecule has 2 N–H and O–H groups in total. The second-order valence-electron chi connectivity index (χ2n) is 6.11. The minimum absolute atomic E-state index is 0.170. The summed E-state index contributed by atoms with van der Waals surface area (Å²) in [6.07, 6.45) is 3.81.